The van der Waals surface area contributed by atoms with E-state index in [1.54, 1.807) is 21.7 Å². The molecule has 0 unspecified atom stereocenters. The van der Waals surface area contributed by atoms with Crippen LogP contribution in [0.15, 0.2) is 23.7 Å². The highest BCUT2D eigenvalue weighted by atomic mass is 35.5. The van der Waals surface area contributed by atoms with Gasteiger partial charge in [0.25, 0.3) is 5.91 Å². The topological polar surface area (TPSA) is 59.2 Å². The largest absolute Gasteiger partial charge is 0.341 e. The van der Waals surface area contributed by atoms with E-state index >= 15 is 0 Å². The van der Waals surface area contributed by atoms with Crippen molar-refractivity contribution in [2.75, 3.05) is 20.1 Å². The van der Waals surface area contributed by atoms with Gasteiger partial charge in [-0.15, -0.1) is 36.2 Å². The van der Waals surface area contributed by atoms with Crippen molar-refractivity contribution in [1.29, 1.82) is 0 Å². The van der Waals surface area contributed by atoms with Crippen LogP contribution < -0.4 is 5.73 Å². The molecule has 2 N–H and O–H groups in total. The monoisotopic (exact) mass is 349 g/mol. The molecule has 1 aromatic carbocycles. The number of carbonyl (C=O) groups excluding carboxylic acids is 1. The van der Waals surface area contributed by atoms with E-state index in [9.17, 15) is 4.79 Å². The first-order valence-corrected chi connectivity index (χ1v) is 7.10. The number of thiazole rings is 1. The first-order valence-electron chi connectivity index (χ1n) is 6.22. The Bertz CT molecular complexity index is 601. The molecule has 2 rings (SSSR count). The van der Waals surface area contributed by atoms with E-state index in [1.807, 2.05) is 25.2 Å². The van der Waals surface area contributed by atoms with E-state index in [4.69, 9.17) is 5.73 Å². The lowest BCUT2D eigenvalue weighted by Crippen LogP contribution is -2.39. The Hall–Kier alpha value is -0.880. The van der Waals surface area contributed by atoms with E-state index in [1.165, 1.54) is 0 Å². The van der Waals surface area contributed by atoms with Crippen LogP contribution in [0.2, 0.25) is 0 Å². The molecular weight excluding hydrogens is 329 g/mol. The molecule has 0 bridgehead atoms. The van der Waals surface area contributed by atoms with Crippen molar-refractivity contribution >= 4 is 52.3 Å². The van der Waals surface area contributed by atoms with Gasteiger partial charge in [0.15, 0.2) is 0 Å². The fourth-order valence-corrected chi connectivity index (χ4v) is 2.70. The highest BCUT2D eigenvalue weighted by Crippen LogP contribution is 2.21. The van der Waals surface area contributed by atoms with Crippen LogP contribution in [-0.2, 0) is 0 Å². The molecule has 0 aliphatic carbocycles. The molecule has 0 spiro atoms. The van der Waals surface area contributed by atoms with Crippen LogP contribution in [0.4, 0.5) is 0 Å². The van der Waals surface area contributed by atoms with Gasteiger partial charge < -0.3 is 10.6 Å². The molecule has 1 heterocycles. The van der Waals surface area contributed by atoms with Crippen LogP contribution in [0.25, 0.3) is 10.2 Å². The lowest BCUT2D eigenvalue weighted by atomic mass is 9.93. The lowest BCUT2D eigenvalue weighted by Gasteiger charge is -2.29. The van der Waals surface area contributed by atoms with Crippen LogP contribution in [0.3, 0.4) is 0 Å². The Balaban J connectivity index is 0.00000200. The van der Waals surface area contributed by atoms with Gasteiger partial charge in [-0.1, -0.05) is 13.8 Å². The minimum atomic E-state index is -0.0704. The summed E-state index contributed by atoms with van der Waals surface area (Å²) in [6.07, 6.45) is 0. The average molecular weight is 350 g/mol. The third kappa shape index (κ3) is 4.81. The second kappa shape index (κ2) is 7.94. The number of hydrogen-bond donors (Lipinski definition) is 1. The number of carbonyl (C=O) groups is 1. The number of aromatic nitrogens is 1. The SMILES string of the molecule is CN(CC(C)(C)CN)C(=O)c1ccc2ncsc2c1.Cl.Cl. The average Bonchev–Trinajstić information content (AvgIpc) is 2.84. The standard InChI is InChI=1S/C14H19N3OS.2ClH/c1-14(2,7-15)8-17(3)13(18)10-4-5-11-12(6-10)19-9-16-11;;/h4-6,9H,7-8,15H2,1-3H3;2*1H. The minimum absolute atomic E-state index is 0. The molecule has 7 heteroatoms. The van der Waals surface area contributed by atoms with Crippen molar-refractivity contribution in [3.05, 3.63) is 29.3 Å². The van der Waals surface area contributed by atoms with Crippen LogP contribution >= 0.6 is 36.2 Å². The Morgan fingerprint density at radius 1 is 1.38 bits per heavy atom. The Labute approximate surface area is 141 Å². The maximum atomic E-state index is 12.4. The normalized spacial score (nSPS) is 10.7. The molecule has 118 valence electrons. The highest BCUT2D eigenvalue weighted by molar-refractivity contribution is 7.16. The molecule has 0 aliphatic rings. The molecule has 1 amide bonds. The summed E-state index contributed by atoms with van der Waals surface area (Å²) in [5.41, 5.74) is 9.07. The molecule has 1 aromatic heterocycles. The van der Waals surface area contributed by atoms with Gasteiger partial charge in [0.2, 0.25) is 0 Å². The first kappa shape index (κ1) is 20.1. The minimum Gasteiger partial charge on any atom is -0.341 e. The summed E-state index contributed by atoms with van der Waals surface area (Å²) in [7, 11) is 1.82. The lowest BCUT2D eigenvalue weighted by molar-refractivity contribution is 0.0741. The second-order valence-electron chi connectivity index (χ2n) is 5.56. The number of amides is 1. The highest BCUT2D eigenvalue weighted by Gasteiger charge is 2.22. The number of rotatable bonds is 4. The van der Waals surface area contributed by atoms with E-state index in [2.05, 4.69) is 18.8 Å². The van der Waals surface area contributed by atoms with Crippen LogP contribution in [0.1, 0.15) is 24.2 Å². The number of hydrogen-bond acceptors (Lipinski definition) is 4. The van der Waals surface area contributed by atoms with Gasteiger partial charge in [-0.05, 0) is 30.2 Å². The van der Waals surface area contributed by atoms with E-state index in [0.29, 0.717) is 18.7 Å². The number of benzene rings is 1. The smallest absolute Gasteiger partial charge is 0.253 e. The molecular formula is C14H21Cl2N3OS. The predicted molar refractivity (Wildman–Crippen MR) is 93.9 cm³/mol. The third-order valence-electron chi connectivity index (χ3n) is 3.14. The second-order valence-corrected chi connectivity index (χ2v) is 6.45. The maximum absolute atomic E-state index is 12.4. The zero-order valence-corrected chi connectivity index (χ0v) is 14.8. The van der Waals surface area contributed by atoms with Crippen molar-refractivity contribution in [3.63, 3.8) is 0 Å². The summed E-state index contributed by atoms with van der Waals surface area (Å²) in [6.45, 7) is 5.31. The fourth-order valence-electron chi connectivity index (χ4n) is 1.99. The Morgan fingerprint density at radius 3 is 2.67 bits per heavy atom. The zero-order chi connectivity index (χ0) is 14.0. The van der Waals surface area contributed by atoms with Gasteiger partial charge >= 0.3 is 0 Å². The Morgan fingerprint density at radius 2 is 2.05 bits per heavy atom. The summed E-state index contributed by atoms with van der Waals surface area (Å²) in [6, 6.07) is 5.62. The zero-order valence-electron chi connectivity index (χ0n) is 12.3. The van der Waals surface area contributed by atoms with Crippen molar-refractivity contribution in [2.45, 2.75) is 13.8 Å². The number of nitrogens with two attached hydrogens (primary N) is 1. The molecule has 0 radical (unpaired) electrons. The van der Waals surface area contributed by atoms with Gasteiger partial charge in [0.1, 0.15) is 0 Å². The fraction of sp³-hybridized carbons (Fsp3) is 0.429. The van der Waals surface area contributed by atoms with Gasteiger partial charge in [0, 0.05) is 19.2 Å². The summed E-state index contributed by atoms with van der Waals surface area (Å²) in [4.78, 5) is 18.3. The van der Waals surface area contributed by atoms with Crippen LogP contribution in [0, 0.1) is 5.41 Å². The first-order chi connectivity index (χ1) is 8.93. The molecule has 0 saturated carbocycles. The maximum Gasteiger partial charge on any atom is 0.253 e. The Kier molecular flexibility index (Phi) is 7.61. The van der Waals surface area contributed by atoms with Crippen molar-refractivity contribution in [1.82, 2.24) is 9.88 Å². The van der Waals surface area contributed by atoms with Gasteiger partial charge in [-0.3, -0.25) is 4.79 Å². The molecule has 4 nitrogen and oxygen atoms in total. The van der Waals surface area contributed by atoms with Gasteiger partial charge in [-0.25, -0.2) is 4.98 Å². The quantitative estimate of drug-likeness (QED) is 0.921. The molecule has 0 aliphatic heterocycles. The van der Waals surface area contributed by atoms with E-state index in [0.717, 1.165) is 10.2 Å². The predicted octanol–water partition coefficient (Wildman–Crippen LogP) is 3.20. The van der Waals surface area contributed by atoms with Gasteiger partial charge in [0.05, 0.1) is 15.7 Å². The van der Waals surface area contributed by atoms with Crippen molar-refractivity contribution in [3.8, 4) is 0 Å². The number of halogens is 2. The van der Waals surface area contributed by atoms with E-state index in [-0.39, 0.29) is 36.1 Å². The number of nitrogens with zero attached hydrogens (tertiary/aromatic N) is 2. The van der Waals surface area contributed by atoms with Crippen LogP contribution in [0.5, 0.6) is 0 Å². The molecule has 0 fully saturated rings. The molecule has 0 saturated heterocycles. The third-order valence-corrected chi connectivity index (χ3v) is 3.93. The molecule has 0 atom stereocenters. The molecule has 2 aromatic rings. The number of fused-ring (bicyclic) bond motifs is 1. The summed E-state index contributed by atoms with van der Waals surface area (Å²) in [5, 5.41) is 0. The molecule has 21 heavy (non-hydrogen) atoms. The van der Waals surface area contributed by atoms with Crippen LogP contribution in [-0.4, -0.2) is 35.9 Å². The van der Waals surface area contributed by atoms with Crippen molar-refractivity contribution < 1.29 is 4.79 Å². The summed E-state index contributed by atoms with van der Waals surface area (Å²) in [5.74, 6) is 0.0248. The van der Waals surface area contributed by atoms with Crippen molar-refractivity contribution in [2.24, 2.45) is 11.1 Å². The van der Waals surface area contributed by atoms with Gasteiger partial charge in [-0.2, -0.15) is 0 Å². The summed E-state index contributed by atoms with van der Waals surface area (Å²) < 4.78 is 1.04. The van der Waals surface area contributed by atoms with E-state index < -0.39 is 0 Å². The summed E-state index contributed by atoms with van der Waals surface area (Å²) >= 11 is 1.55.